The first-order valence-electron chi connectivity index (χ1n) is 25.4. The Kier molecular flexibility index (Phi) is 47.5. The van der Waals surface area contributed by atoms with E-state index >= 15 is 0 Å². The van der Waals surface area contributed by atoms with Crippen molar-refractivity contribution in [2.75, 3.05) is 13.2 Å². The van der Waals surface area contributed by atoms with Crippen LogP contribution in [0.4, 0.5) is 0 Å². The van der Waals surface area contributed by atoms with Crippen LogP contribution in [-0.2, 0) is 28.6 Å². The second-order valence-electron chi connectivity index (χ2n) is 16.3. The van der Waals surface area contributed by atoms with Gasteiger partial charge in [-0.1, -0.05) is 194 Å². The maximum absolute atomic E-state index is 12.8. The largest absolute Gasteiger partial charge is 0.462 e. The predicted octanol–water partition coefficient (Wildman–Crippen LogP) is 16.8. The summed E-state index contributed by atoms with van der Waals surface area (Å²) in [6.07, 6.45) is 67.9. The van der Waals surface area contributed by atoms with Gasteiger partial charge in [0.25, 0.3) is 0 Å². The van der Waals surface area contributed by atoms with Crippen molar-refractivity contribution in [3.05, 3.63) is 109 Å². The van der Waals surface area contributed by atoms with E-state index in [4.69, 9.17) is 14.2 Å². The molecule has 6 nitrogen and oxygen atoms in total. The number of hydrogen-bond donors (Lipinski definition) is 0. The number of carbonyl (C=O) groups is 3. The summed E-state index contributed by atoms with van der Waals surface area (Å²) in [4.78, 5) is 37.9. The van der Waals surface area contributed by atoms with Crippen LogP contribution < -0.4 is 0 Å². The smallest absolute Gasteiger partial charge is 0.306 e. The average molecular weight is 873 g/mol. The molecule has 0 aromatic heterocycles. The van der Waals surface area contributed by atoms with Crippen LogP contribution in [0.5, 0.6) is 0 Å². The van der Waals surface area contributed by atoms with Gasteiger partial charge in [0.05, 0.1) is 0 Å². The molecular formula is C57H92O6. The van der Waals surface area contributed by atoms with Crippen molar-refractivity contribution in [1.82, 2.24) is 0 Å². The minimum Gasteiger partial charge on any atom is -0.462 e. The summed E-state index contributed by atoms with van der Waals surface area (Å²) in [5.74, 6) is -1.03. The molecule has 0 aliphatic rings. The molecule has 0 saturated carbocycles. The lowest BCUT2D eigenvalue weighted by atomic mass is 10.1. The standard InChI is InChI=1S/C57H92O6/c1-4-7-10-13-16-19-22-25-28-30-32-35-38-41-44-47-50-56(59)62-53-54(52-61-55(58)49-46-43-40-37-34-31-27-24-21-18-15-12-9-6-3)63-57(60)51-48-45-42-39-36-33-29-26-23-20-17-14-11-8-5-2/h7,9-10,12,16,18-21,23,25,27-28,31-32,35,41,44,54H,4-6,8,11,13-15,17,22,24,26,29-30,33-34,36-40,42-43,45-53H2,1-3H3/b10-7-,12-9-,19-16-,21-18-,23-20-,28-25-,31-27-,35-32-,44-41-. The monoisotopic (exact) mass is 873 g/mol. The van der Waals surface area contributed by atoms with Crippen LogP contribution in [0, 0.1) is 0 Å². The van der Waals surface area contributed by atoms with Gasteiger partial charge in [-0.05, 0) is 109 Å². The molecule has 0 N–H and O–H groups in total. The normalized spacial score (nSPS) is 13.0. The molecule has 0 fully saturated rings. The molecule has 0 spiro atoms. The summed E-state index contributed by atoms with van der Waals surface area (Å²) in [6.45, 7) is 6.29. The van der Waals surface area contributed by atoms with E-state index in [-0.39, 0.29) is 37.5 Å². The van der Waals surface area contributed by atoms with Crippen molar-refractivity contribution >= 4 is 17.9 Å². The van der Waals surface area contributed by atoms with E-state index in [1.807, 2.05) is 12.2 Å². The number of allylic oxidation sites excluding steroid dienone is 18. The summed E-state index contributed by atoms with van der Waals surface area (Å²) < 4.78 is 16.7. The Hall–Kier alpha value is -3.93. The Morgan fingerprint density at radius 2 is 0.651 bits per heavy atom. The molecule has 356 valence electrons. The summed E-state index contributed by atoms with van der Waals surface area (Å²) >= 11 is 0. The third-order valence-electron chi connectivity index (χ3n) is 10.3. The molecule has 0 amide bonds. The van der Waals surface area contributed by atoms with Gasteiger partial charge in [0.15, 0.2) is 6.10 Å². The molecule has 0 aromatic rings. The Morgan fingerprint density at radius 3 is 1.08 bits per heavy atom. The van der Waals surface area contributed by atoms with Crippen molar-refractivity contribution in [1.29, 1.82) is 0 Å². The summed E-state index contributed by atoms with van der Waals surface area (Å²) in [6, 6.07) is 0. The number of unbranched alkanes of at least 4 members (excludes halogenated alkanes) is 15. The lowest BCUT2D eigenvalue weighted by Crippen LogP contribution is -2.30. The van der Waals surface area contributed by atoms with Crippen molar-refractivity contribution in [3.8, 4) is 0 Å². The quantitative estimate of drug-likeness (QED) is 0.0263. The average Bonchev–Trinajstić information content (AvgIpc) is 3.28. The first-order chi connectivity index (χ1) is 31.0. The van der Waals surface area contributed by atoms with E-state index in [1.165, 1.54) is 64.2 Å². The molecule has 1 unspecified atom stereocenters. The van der Waals surface area contributed by atoms with Crippen LogP contribution in [0.15, 0.2) is 109 Å². The first kappa shape index (κ1) is 59.1. The molecule has 0 aliphatic carbocycles. The Labute approximate surface area is 387 Å². The minimum absolute atomic E-state index is 0.116. The lowest BCUT2D eigenvalue weighted by Gasteiger charge is -2.18. The van der Waals surface area contributed by atoms with E-state index in [0.29, 0.717) is 19.3 Å². The molecule has 0 aliphatic heterocycles. The van der Waals surface area contributed by atoms with Gasteiger partial charge in [0, 0.05) is 19.3 Å². The fourth-order valence-corrected chi connectivity index (χ4v) is 6.50. The molecular weight excluding hydrogens is 781 g/mol. The molecule has 0 heterocycles. The highest BCUT2D eigenvalue weighted by Gasteiger charge is 2.19. The summed E-state index contributed by atoms with van der Waals surface area (Å²) in [7, 11) is 0. The molecule has 0 radical (unpaired) electrons. The minimum atomic E-state index is -0.820. The fourth-order valence-electron chi connectivity index (χ4n) is 6.50. The third-order valence-corrected chi connectivity index (χ3v) is 10.3. The molecule has 1 atom stereocenters. The van der Waals surface area contributed by atoms with Crippen LogP contribution in [0.3, 0.4) is 0 Å². The number of rotatable bonds is 44. The Balaban J connectivity index is 4.55. The van der Waals surface area contributed by atoms with Crippen molar-refractivity contribution in [2.24, 2.45) is 0 Å². The molecule has 0 saturated heterocycles. The molecule has 6 heteroatoms. The predicted molar refractivity (Wildman–Crippen MR) is 270 cm³/mol. The fraction of sp³-hybridized carbons (Fsp3) is 0.632. The number of ether oxygens (including phenoxy) is 3. The van der Waals surface area contributed by atoms with Crippen LogP contribution in [-0.4, -0.2) is 37.2 Å². The number of hydrogen-bond acceptors (Lipinski definition) is 6. The van der Waals surface area contributed by atoms with E-state index in [2.05, 4.69) is 118 Å². The highest BCUT2D eigenvalue weighted by molar-refractivity contribution is 5.71. The van der Waals surface area contributed by atoms with E-state index in [0.717, 1.165) is 103 Å². The number of carbonyl (C=O) groups excluding carboxylic acids is 3. The molecule has 0 bridgehead atoms. The van der Waals surface area contributed by atoms with Crippen LogP contribution in [0.25, 0.3) is 0 Å². The van der Waals surface area contributed by atoms with Crippen molar-refractivity contribution in [2.45, 2.75) is 219 Å². The van der Waals surface area contributed by atoms with E-state index in [1.54, 1.807) is 0 Å². The third kappa shape index (κ3) is 49.0. The molecule has 63 heavy (non-hydrogen) atoms. The van der Waals surface area contributed by atoms with Crippen molar-refractivity contribution < 1.29 is 28.6 Å². The van der Waals surface area contributed by atoms with Gasteiger partial charge in [-0.3, -0.25) is 14.4 Å². The van der Waals surface area contributed by atoms with Gasteiger partial charge in [-0.15, -0.1) is 0 Å². The van der Waals surface area contributed by atoms with Gasteiger partial charge >= 0.3 is 17.9 Å². The zero-order valence-electron chi connectivity index (χ0n) is 40.5. The highest BCUT2D eigenvalue weighted by Crippen LogP contribution is 2.13. The summed E-state index contributed by atoms with van der Waals surface area (Å²) in [5, 5.41) is 0. The number of esters is 3. The zero-order chi connectivity index (χ0) is 45.8. The maximum Gasteiger partial charge on any atom is 0.306 e. The molecule has 0 rings (SSSR count). The van der Waals surface area contributed by atoms with Crippen LogP contribution in [0.2, 0.25) is 0 Å². The lowest BCUT2D eigenvalue weighted by molar-refractivity contribution is -0.166. The van der Waals surface area contributed by atoms with E-state index < -0.39 is 6.10 Å². The van der Waals surface area contributed by atoms with Gasteiger partial charge in [-0.25, -0.2) is 0 Å². The van der Waals surface area contributed by atoms with Crippen molar-refractivity contribution in [3.63, 3.8) is 0 Å². The van der Waals surface area contributed by atoms with Crippen LogP contribution in [0.1, 0.15) is 213 Å². The van der Waals surface area contributed by atoms with Gasteiger partial charge in [0.1, 0.15) is 13.2 Å². The Bertz CT molecular complexity index is 1330. The first-order valence-corrected chi connectivity index (χ1v) is 25.4. The van der Waals surface area contributed by atoms with Crippen LogP contribution >= 0.6 is 0 Å². The SMILES string of the molecule is CC/C=C\C/C=C\C/C=C\C/C=C\C/C=C\CCC(=O)OCC(COC(=O)CCCCCC/C=C\C/C=C\C/C=C\CC)OC(=O)CCCCCCCCC/C=C\CCCCCC. The molecule has 0 aromatic carbocycles. The maximum atomic E-state index is 12.8. The van der Waals surface area contributed by atoms with E-state index in [9.17, 15) is 14.4 Å². The topological polar surface area (TPSA) is 78.9 Å². The summed E-state index contributed by atoms with van der Waals surface area (Å²) in [5.41, 5.74) is 0. The Morgan fingerprint density at radius 1 is 0.333 bits per heavy atom. The van der Waals surface area contributed by atoms with Gasteiger partial charge < -0.3 is 14.2 Å². The highest BCUT2D eigenvalue weighted by atomic mass is 16.6. The zero-order valence-corrected chi connectivity index (χ0v) is 40.5. The van der Waals surface area contributed by atoms with Gasteiger partial charge in [0.2, 0.25) is 0 Å². The second-order valence-corrected chi connectivity index (χ2v) is 16.3. The second kappa shape index (κ2) is 50.7. The van der Waals surface area contributed by atoms with Gasteiger partial charge in [-0.2, -0.15) is 0 Å².